The summed E-state index contributed by atoms with van der Waals surface area (Å²) in [6, 6.07) is 5.76. The van der Waals surface area contributed by atoms with Crippen molar-refractivity contribution in [2.45, 2.75) is 70.6 Å². The van der Waals surface area contributed by atoms with Crippen molar-refractivity contribution >= 4 is 17.6 Å². The Morgan fingerprint density at radius 1 is 1.24 bits per heavy atom. The van der Waals surface area contributed by atoms with Gasteiger partial charge in [-0.05, 0) is 38.0 Å². The standard InChI is InChI=1S/C26H42N4O4/c1-18-15-30(19(2)17-31)25(32)14-20-13-22(28(3)4)11-12-23(20)34-24(18)16-29(5)26(33)27-21-9-7-6-8-10-21/h11-13,18-19,21,24,31H,6-10,14-17H2,1-5H3,(H,27,33)/t18-,19+,24+/m1/s1. The minimum atomic E-state index is -0.301. The molecule has 3 rings (SSSR count). The molecule has 190 valence electrons. The van der Waals surface area contributed by atoms with Crippen LogP contribution in [0.1, 0.15) is 51.5 Å². The molecule has 0 bridgehead atoms. The number of hydrogen-bond acceptors (Lipinski definition) is 5. The van der Waals surface area contributed by atoms with Gasteiger partial charge in [0.25, 0.3) is 0 Å². The van der Waals surface area contributed by atoms with E-state index in [0.717, 1.165) is 36.9 Å². The number of urea groups is 1. The Hall–Kier alpha value is -2.48. The summed E-state index contributed by atoms with van der Waals surface area (Å²) >= 11 is 0. The first-order chi connectivity index (χ1) is 16.2. The molecule has 34 heavy (non-hydrogen) atoms. The maximum absolute atomic E-state index is 13.2. The minimum Gasteiger partial charge on any atom is -0.488 e. The van der Waals surface area contributed by atoms with E-state index in [2.05, 4.69) is 5.32 Å². The molecule has 1 fully saturated rings. The fourth-order valence-electron chi connectivity index (χ4n) is 4.80. The van der Waals surface area contributed by atoms with E-state index in [-0.39, 0.29) is 49.1 Å². The number of nitrogens with zero attached hydrogens (tertiary/aromatic N) is 3. The zero-order chi connectivity index (χ0) is 24.8. The highest BCUT2D eigenvalue weighted by Gasteiger charge is 2.32. The van der Waals surface area contributed by atoms with Crippen molar-refractivity contribution in [1.82, 2.24) is 15.1 Å². The van der Waals surface area contributed by atoms with Gasteiger partial charge in [-0.1, -0.05) is 26.2 Å². The fraction of sp³-hybridized carbons (Fsp3) is 0.692. The van der Waals surface area contributed by atoms with Crippen LogP contribution in [0.2, 0.25) is 0 Å². The molecule has 1 aliphatic carbocycles. The van der Waals surface area contributed by atoms with Gasteiger partial charge in [0.1, 0.15) is 11.9 Å². The number of carbonyl (C=O) groups is 2. The highest BCUT2D eigenvalue weighted by molar-refractivity contribution is 5.80. The number of rotatable bonds is 6. The first-order valence-electron chi connectivity index (χ1n) is 12.6. The molecule has 3 atom stereocenters. The Kier molecular flexibility index (Phi) is 9.05. The molecule has 0 aromatic heterocycles. The number of hydrogen-bond donors (Lipinski definition) is 2. The van der Waals surface area contributed by atoms with Gasteiger partial charge in [0, 0.05) is 50.9 Å². The average molecular weight is 475 g/mol. The van der Waals surface area contributed by atoms with Crippen LogP contribution in [-0.2, 0) is 11.2 Å². The van der Waals surface area contributed by atoms with Crippen LogP contribution < -0.4 is 15.0 Å². The van der Waals surface area contributed by atoms with Crippen molar-refractivity contribution < 1.29 is 19.4 Å². The monoisotopic (exact) mass is 474 g/mol. The molecule has 8 heteroatoms. The molecule has 1 saturated carbocycles. The number of aliphatic hydroxyl groups is 1. The van der Waals surface area contributed by atoms with Gasteiger partial charge in [-0.15, -0.1) is 0 Å². The van der Waals surface area contributed by atoms with E-state index in [4.69, 9.17) is 4.74 Å². The van der Waals surface area contributed by atoms with E-state index in [1.54, 1.807) is 16.8 Å². The molecule has 8 nitrogen and oxygen atoms in total. The molecule has 1 aromatic carbocycles. The van der Waals surface area contributed by atoms with Crippen molar-refractivity contribution in [1.29, 1.82) is 0 Å². The van der Waals surface area contributed by atoms with Crippen LogP contribution >= 0.6 is 0 Å². The molecule has 2 N–H and O–H groups in total. The molecule has 0 saturated heterocycles. The van der Waals surface area contributed by atoms with Gasteiger partial charge in [-0.3, -0.25) is 4.79 Å². The van der Waals surface area contributed by atoms with Gasteiger partial charge in [0.05, 0.1) is 25.6 Å². The van der Waals surface area contributed by atoms with Crippen molar-refractivity contribution in [2.24, 2.45) is 5.92 Å². The zero-order valence-electron chi connectivity index (χ0n) is 21.4. The minimum absolute atomic E-state index is 0.0294. The second kappa shape index (κ2) is 11.8. The van der Waals surface area contributed by atoms with Gasteiger partial charge in [-0.2, -0.15) is 0 Å². The van der Waals surface area contributed by atoms with Gasteiger partial charge in [-0.25, -0.2) is 4.79 Å². The Labute approximate surface area is 204 Å². The maximum atomic E-state index is 13.2. The summed E-state index contributed by atoms with van der Waals surface area (Å²) in [6.45, 7) is 4.67. The first kappa shape index (κ1) is 26.1. The molecule has 2 aliphatic rings. The largest absolute Gasteiger partial charge is 0.488 e. The van der Waals surface area contributed by atoms with Crippen molar-refractivity contribution in [2.75, 3.05) is 45.7 Å². The third-order valence-corrected chi connectivity index (χ3v) is 7.15. The van der Waals surface area contributed by atoms with Crippen LogP contribution in [0.5, 0.6) is 5.75 Å². The SMILES string of the molecule is C[C@@H]1CN([C@@H](C)CO)C(=O)Cc2cc(N(C)C)ccc2O[C@H]1CN(C)C(=O)NC1CCCCC1. The lowest BCUT2D eigenvalue weighted by Crippen LogP contribution is -2.50. The van der Waals surface area contributed by atoms with Gasteiger partial charge >= 0.3 is 6.03 Å². The number of benzene rings is 1. The molecule has 3 amide bonds. The quantitative estimate of drug-likeness (QED) is 0.662. The normalized spacial score (nSPS) is 22.5. The number of fused-ring (bicyclic) bond motifs is 1. The number of anilines is 1. The number of likely N-dealkylation sites (N-methyl/N-ethyl adjacent to an activating group) is 1. The molecular formula is C26H42N4O4. The van der Waals surface area contributed by atoms with Crippen molar-refractivity contribution in [3.8, 4) is 5.75 Å². The lowest BCUT2D eigenvalue weighted by atomic mass is 9.96. The third-order valence-electron chi connectivity index (χ3n) is 7.15. The number of nitrogens with one attached hydrogen (secondary N) is 1. The van der Waals surface area contributed by atoms with E-state index >= 15 is 0 Å². The summed E-state index contributed by atoms with van der Waals surface area (Å²) in [7, 11) is 5.73. The lowest BCUT2D eigenvalue weighted by Gasteiger charge is -2.34. The number of ether oxygens (including phenoxy) is 1. The lowest BCUT2D eigenvalue weighted by molar-refractivity contribution is -0.134. The highest BCUT2D eigenvalue weighted by Crippen LogP contribution is 2.30. The number of aliphatic hydroxyl groups excluding tert-OH is 1. The Bertz CT molecular complexity index is 840. The molecule has 0 spiro atoms. The zero-order valence-corrected chi connectivity index (χ0v) is 21.4. The highest BCUT2D eigenvalue weighted by atomic mass is 16.5. The summed E-state index contributed by atoms with van der Waals surface area (Å²) in [5.74, 6) is 0.607. The second-order valence-corrected chi connectivity index (χ2v) is 10.2. The van der Waals surface area contributed by atoms with E-state index in [1.807, 2.05) is 51.0 Å². The van der Waals surface area contributed by atoms with E-state index in [1.165, 1.54) is 6.42 Å². The van der Waals surface area contributed by atoms with Gasteiger partial charge < -0.3 is 29.9 Å². The predicted octanol–water partition coefficient (Wildman–Crippen LogP) is 2.88. The van der Waals surface area contributed by atoms with Crippen molar-refractivity contribution in [3.05, 3.63) is 23.8 Å². The Morgan fingerprint density at radius 2 is 1.94 bits per heavy atom. The molecule has 0 radical (unpaired) electrons. The van der Waals surface area contributed by atoms with Crippen LogP contribution in [0.3, 0.4) is 0 Å². The van der Waals surface area contributed by atoms with Crippen LogP contribution in [0.4, 0.5) is 10.5 Å². The van der Waals surface area contributed by atoms with Crippen LogP contribution in [-0.4, -0.2) is 85.9 Å². The summed E-state index contributed by atoms with van der Waals surface area (Å²) in [6.07, 6.45) is 5.54. The summed E-state index contributed by atoms with van der Waals surface area (Å²) < 4.78 is 6.50. The van der Waals surface area contributed by atoms with Crippen LogP contribution in [0, 0.1) is 5.92 Å². The number of amides is 3. The molecule has 1 aromatic rings. The van der Waals surface area contributed by atoms with E-state index in [9.17, 15) is 14.7 Å². The smallest absolute Gasteiger partial charge is 0.317 e. The molecule has 1 aliphatic heterocycles. The van der Waals surface area contributed by atoms with Gasteiger partial charge in [0.15, 0.2) is 0 Å². The fourth-order valence-corrected chi connectivity index (χ4v) is 4.80. The summed E-state index contributed by atoms with van der Waals surface area (Å²) in [4.78, 5) is 31.6. The van der Waals surface area contributed by atoms with Crippen LogP contribution in [0.15, 0.2) is 18.2 Å². The second-order valence-electron chi connectivity index (χ2n) is 10.2. The van der Waals surface area contributed by atoms with Crippen LogP contribution in [0.25, 0.3) is 0 Å². The summed E-state index contributed by atoms with van der Waals surface area (Å²) in [5.41, 5.74) is 1.81. The maximum Gasteiger partial charge on any atom is 0.317 e. The van der Waals surface area contributed by atoms with E-state index < -0.39 is 0 Å². The predicted molar refractivity (Wildman–Crippen MR) is 134 cm³/mol. The Balaban J connectivity index is 1.83. The Morgan fingerprint density at radius 3 is 2.59 bits per heavy atom. The molecular weight excluding hydrogens is 432 g/mol. The first-order valence-corrected chi connectivity index (χ1v) is 12.6. The molecule has 1 heterocycles. The molecule has 0 unspecified atom stereocenters. The van der Waals surface area contributed by atoms with Crippen molar-refractivity contribution in [3.63, 3.8) is 0 Å². The summed E-state index contributed by atoms with van der Waals surface area (Å²) in [5, 5.41) is 13.0. The number of carbonyl (C=O) groups excluding carboxylic acids is 2. The topological polar surface area (TPSA) is 85.4 Å². The average Bonchev–Trinajstić information content (AvgIpc) is 2.86. The van der Waals surface area contributed by atoms with Gasteiger partial charge in [0.2, 0.25) is 5.91 Å². The third kappa shape index (κ3) is 6.56. The van der Waals surface area contributed by atoms with E-state index in [0.29, 0.717) is 18.8 Å².